The van der Waals surface area contributed by atoms with Crippen LogP contribution in [0.3, 0.4) is 0 Å². The SMILES string of the molecule is Cc1cccc(NC(=O)CN2CCN(S(C)(=O)=O)CC2)c1C. The third kappa shape index (κ3) is 4.28. The molecule has 0 radical (unpaired) electrons. The van der Waals surface area contributed by atoms with Gasteiger partial charge in [-0.25, -0.2) is 8.42 Å². The monoisotopic (exact) mass is 325 g/mol. The number of sulfonamides is 1. The van der Waals surface area contributed by atoms with E-state index in [2.05, 4.69) is 5.32 Å². The van der Waals surface area contributed by atoms with E-state index in [1.54, 1.807) is 0 Å². The number of hydrogen-bond donors (Lipinski definition) is 1. The first-order valence-electron chi connectivity index (χ1n) is 7.31. The number of benzene rings is 1. The van der Waals surface area contributed by atoms with Gasteiger partial charge in [-0.15, -0.1) is 0 Å². The largest absolute Gasteiger partial charge is 0.325 e. The Morgan fingerprint density at radius 2 is 1.82 bits per heavy atom. The van der Waals surface area contributed by atoms with Crippen LogP contribution in [0.4, 0.5) is 5.69 Å². The second-order valence-electron chi connectivity index (χ2n) is 5.73. The molecule has 1 aromatic carbocycles. The summed E-state index contributed by atoms with van der Waals surface area (Å²) in [4.78, 5) is 14.1. The highest BCUT2D eigenvalue weighted by Crippen LogP contribution is 2.18. The lowest BCUT2D eigenvalue weighted by Crippen LogP contribution is -2.50. The van der Waals surface area contributed by atoms with Crippen LogP contribution in [0.15, 0.2) is 18.2 Å². The standard InChI is InChI=1S/C15H23N3O3S/c1-12-5-4-6-14(13(12)2)16-15(19)11-17-7-9-18(10-8-17)22(3,20)21/h4-6H,7-11H2,1-3H3,(H,16,19). The van der Waals surface area contributed by atoms with E-state index in [4.69, 9.17) is 0 Å². The van der Waals surface area contributed by atoms with Gasteiger partial charge in [0, 0.05) is 31.9 Å². The molecule has 0 aliphatic carbocycles. The molecule has 0 unspecified atom stereocenters. The minimum Gasteiger partial charge on any atom is -0.325 e. The van der Waals surface area contributed by atoms with Gasteiger partial charge in [-0.2, -0.15) is 4.31 Å². The van der Waals surface area contributed by atoms with Crippen molar-refractivity contribution in [3.8, 4) is 0 Å². The highest BCUT2D eigenvalue weighted by Gasteiger charge is 2.24. The Kier molecular flexibility index (Phi) is 5.20. The van der Waals surface area contributed by atoms with Crippen molar-refractivity contribution in [2.24, 2.45) is 0 Å². The number of rotatable bonds is 4. The molecule has 2 rings (SSSR count). The van der Waals surface area contributed by atoms with Crippen LogP contribution in [0, 0.1) is 13.8 Å². The van der Waals surface area contributed by atoms with Crippen molar-refractivity contribution in [3.05, 3.63) is 29.3 Å². The molecule has 0 atom stereocenters. The van der Waals surface area contributed by atoms with E-state index >= 15 is 0 Å². The van der Waals surface area contributed by atoms with Gasteiger partial charge in [0.1, 0.15) is 0 Å². The number of hydrogen-bond acceptors (Lipinski definition) is 4. The topological polar surface area (TPSA) is 69.7 Å². The molecule has 1 aliphatic heterocycles. The van der Waals surface area contributed by atoms with Crippen LogP contribution in [-0.2, 0) is 14.8 Å². The van der Waals surface area contributed by atoms with E-state index in [1.165, 1.54) is 10.6 Å². The number of anilines is 1. The van der Waals surface area contributed by atoms with Gasteiger partial charge in [0.05, 0.1) is 12.8 Å². The maximum Gasteiger partial charge on any atom is 0.238 e. The quantitative estimate of drug-likeness (QED) is 0.890. The summed E-state index contributed by atoms with van der Waals surface area (Å²) in [6.45, 7) is 6.31. The minimum absolute atomic E-state index is 0.0681. The van der Waals surface area contributed by atoms with E-state index in [0.29, 0.717) is 26.2 Å². The summed E-state index contributed by atoms with van der Waals surface area (Å²) >= 11 is 0. The average Bonchev–Trinajstić information content (AvgIpc) is 2.43. The number of piperazine rings is 1. The van der Waals surface area contributed by atoms with Crippen molar-refractivity contribution in [1.29, 1.82) is 0 Å². The van der Waals surface area contributed by atoms with Crippen LogP contribution in [0.5, 0.6) is 0 Å². The summed E-state index contributed by atoms with van der Waals surface area (Å²) in [5.74, 6) is -0.0681. The van der Waals surface area contributed by atoms with E-state index in [1.807, 2.05) is 36.9 Å². The van der Waals surface area contributed by atoms with Crippen LogP contribution in [0.2, 0.25) is 0 Å². The van der Waals surface area contributed by atoms with Gasteiger partial charge in [0.25, 0.3) is 0 Å². The molecule has 1 heterocycles. The average molecular weight is 325 g/mol. The van der Waals surface area contributed by atoms with Crippen LogP contribution in [-0.4, -0.2) is 62.5 Å². The van der Waals surface area contributed by atoms with Crippen molar-refractivity contribution >= 4 is 21.6 Å². The summed E-state index contributed by atoms with van der Waals surface area (Å²) in [6.07, 6.45) is 1.22. The van der Waals surface area contributed by atoms with Gasteiger partial charge in [-0.1, -0.05) is 12.1 Å². The van der Waals surface area contributed by atoms with E-state index < -0.39 is 10.0 Å². The van der Waals surface area contributed by atoms with E-state index in [0.717, 1.165) is 16.8 Å². The third-order valence-corrected chi connectivity index (χ3v) is 5.35. The molecule has 1 fully saturated rings. The number of nitrogens with zero attached hydrogens (tertiary/aromatic N) is 2. The van der Waals surface area contributed by atoms with E-state index in [-0.39, 0.29) is 12.5 Å². The summed E-state index contributed by atoms with van der Waals surface area (Å²) in [6, 6.07) is 5.82. The fraction of sp³-hybridized carbons (Fsp3) is 0.533. The number of carbonyl (C=O) groups excluding carboxylic acids is 1. The Hall–Kier alpha value is -1.44. The lowest BCUT2D eigenvalue weighted by atomic mass is 10.1. The Labute approximate surface area is 132 Å². The van der Waals surface area contributed by atoms with Gasteiger partial charge >= 0.3 is 0 Å². The zero-order valence-corrected chi connectivity index (χ0v) is 14.1. The van der Waals surface area contributed by atoms with Crippen molar-refractivity contribution in [2.45, 2.75) is 13.8 Å². The third-order valence-electron chi connectivity index (χ3n) is 4.05. The van der Waals surface area contributed by atoms with Crippen molar-refractivity contribution < 1.29 is 13.2 Å². The van der Waals surface area contributed by atoms with E-state index in [9.17, 15) is 13.2 Å². The summed E-state index contributed by atoms with van der Waals surface area (Å²) in [7, 11) is -3.13. The van der Waals surface area contributed by atoms with Gasteiger partial charge < -0.3 is 5.32 Å². The van der Waals surface area contributed by atoms with Crippen molar-refractivity contribution in [2.75, 3.05) is 44.3 Å². The van der Waals surface area contributed by atoms with Crippen molar-refractivity contribution in [3.63, 3.8) is 0 Å². The molecule has 1 saturated heterocycles. The van der Waals surface area contributed by atoms with Crippen LogP contribution >= 0.6 is 0 Å². The molecule has 0 saturated carbocycles. The molecular weight excluding hydrogens is 302 g/mol. The predicted octanol–water partition coefficient (Wildman–Crippen LogP) is 0.819. The normalized spacial score (nSPS) is 17.4. The summed E-state index contributed by atoms with van der Waals surface area (Å²) in [5.41, 5.74) is 3.04. The van der Waals surface area contributed by atoms with Crippen LogP contribution in [0.1, 0.15) is 11.1 Å². The fourth-order valence-electron chi connectivity index (χ4n) is 2.50. The van der Waals surface area contributed by atoms with Crippen molar-refractivity contribution in [1.82, 2.24) is 9.21 Å². The first-order valence-corrected chi connectivity index (χ1v) is 9.16. The predicted molar refractivity (Wildman–Crippen MR) is 87.4 cm³/mol. The van der Waals surface area contributed by atoms with Gasteiger partial charge in [-0.05, 0) is 31.0 Å². The zero-order valence-electron chi connectivity index (χ0n) is 13.3. The molecule has 0 aromatic heterocycles. The number of aryl methyl sites for hydroxylation is 1. The molecule has 0 bridgehead atoms. The molecule has 0 spiro atoms. The van der Waals surface area contributed by atoms with Gasteiger partial charge in [0.2, 0.25) is 15.9 Å². The molecule has 22 heavy (non-hydrogen) atoms. The fourth-order valence-corrected chi connectivity index (χ4v) is 3.33. The minimum atomic E-state index is -3.13. The summed E-state index contributed by atoms with van der Waals surface area (Å²) in [5, 5.41) is 2.93. The smallest absolute Gasteiger partial charge is 0.238 e. The lowest BCUT2D eigenvalue weighted by Gasteiger charge is -2.32. The van der Waals surface area contributed by atoms with Gasteiger partial charge in [0.15, 0.2) is 0 Å². The Morgan fingerprint density at radius 1 is 1.18 bits per heavy atom. The zero-order chi connectivity index (χ0) is 16.3. The van der Waals surface area contributed by atoms with Gasteiger partial charge in [-0.3, -0.25) is 9.69 Å². The maximum absolute atomic E-state index is 12.1. The number of amides is 1. The molecule has 122 valence electrons. The first-order chi connectivity index (χ1) is 10.3. The summed E-state index contributed by atoms with van der Waals surface area (Å²) < 4.78 is 24.4. The molecule has 1 N–H and O–H groups in total. The highest BCUT2D eigenvalue weighted by molar-refractivity contribution is 7.88. The molecular formula is C15H23N3O3S. The molecule has 1 aromatic rings. The second kappa shape index (κ2) is 6.76. The molecule has 1 aliphatic rings. The molecule has 7 heteroatoms. The Morgan fingerprint density at radius 3 is 2.41 bits per heavy atom. The van der Waals surface area contributed by atoms with Crippen LogP contribution < -0.4 is 5.32 Å². The first kappa shape index (κ1) is 16.9. The highest BCUT2D eigenvalue weighted by atomic mass is 32.2. The molecule has 1 amide bonds. The Bertz CT molecular complexity index is 650. The Balaban J connectivity index is 1.87. The second-order valence-corrected chi connectivity index (χ2v) is 7.72. The molecule has 6 nitrogen and oxygen atoms in total. The maximum atomic E-state index is 12.1. The lowest BCUT2D eigenvalue weighted by molar-refractivity contribution is -0.117. The van der Waals surface area contributed by atoms with Crippen LogP contribution in [0.25, 0.3) is 0 Å². The number of carbonyl (C=O) groups is 1. The number of nitrogens with one attached hydrogen (secondary N) is 1.